The van der Waals surface area contributed by atoms with Gasteiger partial charge >= 0.3 is 0 Å². The Morgan fingerprint density at radius 3 is 2.65 bits per heavy atom. The normalized spacial score (nSPS) is 11.9. The molecule has 102 valence electrons. The number of nitrogen functional groups attached to an aromatic ring is 1. The van der Waals surface area contributed by atoms with Crippen molar-refractivity contribution in [3.8, 4) is 5.69 Å². The van der Waals surface area contributed by atoms with Crippen LogP contribution >= 0.6 is 0 Å². The molecule has 0 aliphatic heterocycles. The lowest BCUT2D eigenvalue weighted by Crippen LogP contribution is -2.19. The number of nitrogens with two attached hydrogens (primary N) is 1. The number of benzene rings is 1. The molecule has 20 heavy (non-hydrogen) atoms. The van der Waals surface area contributed by atoms with Gasteiger partial charge in [0.05, 0.1) is 16.9 Å². The lowest BCUT2D eigenvalue weighted by Gasteiger charge is -2.20. The molecule has 2 N–H and O–H groups in total. The third-order valence-electron chi connectivity index (χ3n) is 3.26. The summed E-state index contributed by atoms with van der Waals surface area (Å²) in [6, 6.07) is 9.91. The Morgan fingerprint density at radius 1 is 1.10 bits per heavy atom. The molecule has 1 aromatic carbocycles. The predicted octanol–water partition coefficient (Wildman–Crippen LogP) is 2.70. The van der Waals surface area contributed by atoms with Crippen molar-refractivity contribution in [1.82, 2.24) is 20.0 Å². The van der Waals surface area contributed by atoms with E-state index in [2.05, 4.69) is 36.1 Å². The maximum absolute atomic E-state index is 6.00. The minimum atomic E-state index is -0.141. The number of nitrogens with zero attached hydrogens (tertiary/aromatic N) is 4. The lowest BCUT2D eigenvalue weighted by atomic mass is 9.91. The van der Waals surface area contributed by atoms with Crippen LogP contribution in [-0.4, -0.2) is 20.0 Å². The van der Waals surface area contributed by atoms with Gasteiger partial charge < -0.3 is 5.73 Å². The highest BCUT2D eigenvalue weighted by atomic mass is 15.4. The average Bonchev–Trinajstić information content (AvgIpc) is 2.80. The number of pyridine rings is 1. The molecule has 3 aromatic rings. The standard InChI is InChI=1S/C15H17N5/c1-15(2,3)13-14(16)18-19-20(13)12-8-4-7-11-10(12)6-5-9-17-11/h4-9H,16H2,1-3H3. The van der Waals surface area contributed by atoms with Crippen molar-refractivity contribution in [2.24, 2.45) is 0 Å². The molecule has 5 heteroatoms. The van der Waals surface area contributed by atoms with Crippen LogP contribution in [0.5, 0.6) is 0 Å². The number of hydrogen-bond donors (Lipinski definition) is 1. The molecular weight excluding hydrogens is 250 g/mol. The summed E-state index contributed by atoms with van der Waals surface area (Å²) in [6.07, 6.45) is 1.78. The van der Waals surface area contributed by atoms with E-state index in [-0.39, 0.29) is 5.41 Å². The van der Waals surface area contributed by atoms with Gasteiger partial charge in [0.2, 0.25) is 0 Å². The van der Waals surface area contributed by atoms with Crippen molar-refractivity contribution in [3.63, 3.8) is 0 Å². The highest BCUT2D eigenvalue weighted by Gasteiger charge is 2.25. The molecule has 0 aliphatic rings. The van der Waals surface area contributed by atoms with Crippen LogP contribution in [0.2, 0.25) is 0 Å². The maximum Gasteiger partial charge on any atom is 0.170 e. The first-order valence-corrected chi connectivity index (χ1v) is 6.54. The van der Waals surface area contributed by atoms with Gasteiger partial charge in [-0.3, -0.25) is 4.98 Å². The highest BCUT2D eigenvalue weighted by molar-refractivity contribution is 5.87. The zero-order chi connectivity index (χ0) is 14.3. The SMILES string of the molecule is CC(C)(C)c1c(N)nnn1-c1cccc2ncccc12. The van der Waals surface area contributed by atoms with E-state index in [4.69, 9.17) is 5.73 Å². The predicted molar refractivity (Wildman–Crippen MR) is 79.8 cm³/mol. The Kier molecular flexibility index (Phi) is 2.71. The molecule has 0 radical (unpaired) electrons. The van der Waals surface area contributed by atoms with Gasteiger partial charge in [-0.25, -0.2) is 4.68 Å². The minimum Gasteiger partial charge on any atom is -0.381 e. The topological polar surface area (TPSA) is 69.6 Å². The number of hydrogen-bond acceptors (Lipinski definition) is 4. The summed E-state index contributed by atoms with van der Waals surface area (Å²) < 4.78 is 1.82. The molecule has 0 unspecified atom stereocenters. The molecule has 3 rings (SSSR count). The van der Waals surface area contributed by atoms with Crippen LogP contribution < -0.4 is 5.73 Å². The third-order valence-corrected chi connectivity index (χ3v) is 3.26. The minimum absolute atomic E-state index is 0.141. The molecule has 0 aliphatic carbocycles. The second-order valence-corrected chi connectivity index (χ2v) is 5.83. The van der Waals surface area contributed by atoms with Crippen molar-refractivity contribution in [3.05, 3.63) is 42.2 Å². The van der Waals surface area contributed by atoms with E-state index in [1.54, 1.807) is 6.20 Å². The van der Waals surface area contributed by atoms with Gasteiger partial charge in [0, 0.05) is 17.0 Å². The van der Waals surface area contributed by atoms with Crippen molar-refractivity contribution >= 4 is 16.7 Å². The Labute approximate surface area is 117 Å². The summed E-state index contributed by atoms with van der Waals surface area (Å²) >= 11 is 0. The number of aromatic nitrogens is 4. The Hall–Kier alpha value is -2.43. The fourth-order valence-corrected chi connectivity index (χ4v) is 2.44. The van der Waals surface area contributed by atoms with Crippen molar-refractivity contribution in [2.75, 3.05) is 5.73 Å². The lowest BCUT2D eigenvalue weighted by molar-refractivity contribution is 0.545. The van der Waals surface area contributed by atoms with Crippen molar-refractivity contribution < 1.29 is 0 Å². The molecule has 0 spiro atoms. The highest BCUT2D eigenvalue weighted by Crippen LogP contribution is 2.30. The smallest absolute Gasteiger partial charge is 0.170 e. The van der Waals surface area contributed by atoms with Gasteiger partial charge in [-0.2, -0.15) is 0 Å². The monoisotopic (exact) mass is 267 g/mol. The van der Waals surface area contributed by atoms with Crippen molar-refractivity contribution in [2.45, 2.75) is 26.2 Å². The second kappa shape index (κ2) is 4.30. The molecule has 5 nitrogen and oxygen atoms in total. The van der Waals surface area contributed by atoms with E-state index in [9.17, 15) is 0 Å². The fourth-order valence-electron chi connectivity index (χ4n) is 2.44. The molecule has 0 fully saturated rings. The summed E-state index contributed by atoms with van der Waals surface area (Å²) in [5.74, 6) is 0.471. The third kappa shape index (κ3) is 1.91. The van der Waals surface area contributed by atoms with E-state index in [1.165, 1.54) is 0 Å². The molecule has 0 amide bonds. The Bertz CT molecular complexity index is 762. The van der Waals surface area contributed by atoms with Crippen LogP contribution in [-0.2, 0) is 5.41 Å². The second-order valence-electron chi connectivity index (χ2n) is 5.83. The molecule has 0 saturated carbocycles. The first kappa shape index (κ1) is 12.6. The maximum atomic E-state index is 6.00. The zero-order valence-electron chi connectivity index (χ0n) is 11.8. The molecular formula is C15H17N5. The van der Waals surface area contributed by atoms with Crippen LogP contribution in [0.1, 0.15) is 26.5 Å². The van der Waals surface area contributed by atoms with E-state index in [0.29, 0.717) is 5.82 Å². The van der Waals surface area contributed by atoms with Gasteiger partial charge in [0.1, 0.15) is 0 Å². The van der Waals surface area contributed by atoms with Gasteiger partial charge in [0.15, 0.2) is 5.82 Å². The number of fused-ring (bicyclic) bond motifs is 1. The van der Waals surface area contributed by atoms with Crippen LogP contribution in [0, 0.1) is 0 Å². The van der Waals surface area contributed by atoms with Gasteiger partial charge in [-0.05, 0) is 24.3 Å². The van der Waals surface area contributed by atoms with E-state index >= 15 is 0 Å². The number of rotatable bonds is 1. The first-order valence-electron chi connectivity index (χ1n) is 6.54. The summed E-state index contributed by atoms with van der Waals surface area (Å²) in [6.45, 7) is 6.30. The first-order chi connectivity index (χ1) is 9.48. The van der Waals surface area contributed by atoms with Gasteiger partial charge in [0.25, 0.3) is 0 Å². The molecule has 0 atom stereocenters. The van der Waals surface area contributed by atoms with E-state index in [0.717, 1.165) is 22.3 Å². The zero-order valence-corrected chi connectivity index (χ0v) is 11.8. The van der Waals surface area contributed by atoms with Gasteiger partial charge in [-0.1, -0.05) is 32.1 Å². The molecule has 2 aromatic heterocycles. The van der Waals surface area contributed by atoms with Gasteiger partial charge in [-0.15, -0.1) is 5.10 Å². The Morgan fingerprint density at radius 2 is 1.90 bits per heavy atom. The molecule has 0 bridgehead atoms. The van der Waals surface area contributed by atoms with Crippen LogP contribution in [0.25, 0.3) is 16.6 Å². The average molecular weight is 267 g/mol. The summed E-state index contributed by atoms with van der Waals surface area (Å²) in [5.41, 5.74) is 8.65. The quantitative estimate of drug-likeness (QED) is 0.736. The van der Waals surface area contributed by atoms with Crippen LogP contribution in [0.15, 0.2) is 36.5 Å². The summed E-state index contributed by atoms with van der Waals surface area (Å²) in [4.78, 5) is 4.37. The van der Waals surface area contributed by atoms with E-state index < -0.39 is 0 Å². The molecule has 0 saturated heterocycles. The summed E-state index contributed by atoms with van der Waals surface area (Å²) in [5, 5.41) is 9.29. The molecule has 2 heterocycles. The fraction of sp³-hybridized carbons (Fsp3) is 0.267. The largest absolute Gasteiger partial charge is 0.381 e. The summed E-state index contributed by atoms with van der Waals surface area (Å²) in [7, 11) is 0. The number of anilines is 1. The Balaban J connectivity index is 2.33. The van der Waals surface area contributed by atoms with E-state index in [1.807, 2.05) is 35.0 Å². The van der Waals surface area contributed by atoms with Crippen LogP contribution in [0.4, 0.5) is 5.82 Å². The van der Waals surface area contributed by atoms with Crippen LogP contribution in [0.3, 0.4) is 0 Å². The van der Waals surface area contributed by atoms with Crippen molar-refractivity contribution in [1.29, 1.82) is 0 Å².